The van der Waals surface area contributed by atoms with Crippen LogP contribution in [0.4, 0.5) is 5.69 Å². The molecule has 0 heterocycles. The summed E-state index contributed by atoms with van der Waals surface area (Å²) in [6, 6.07) is 14.4. The first-order chi connectivity index (χ1) is 12.8. The second-order valence-electron chi connectivity index (χ2n) is 6.07. The van der Waals surface area contributed by atoms with Gasteiger partial charge in [-0.1, -0.05) is 30.3 Å². The van der Waals surface area contributed by atoms with Crippen molar-refractivity contribution in [3.8, 4) is 0 Å². The number of amides is 1. The van der Waals surface area contributed by atoms with Gasteiger partial charge in [0.2, 0.25) is 5.91 Å². The molecular weight excluding hydrogens is 364 g/mol. The summed E-state index contributed by atoms with van der Waals surface area (Å²) in [4.78, 5) is 16.4. The molecule has 0 aliphatic heterocycles. The van der Waals surface area contributed by atoms with E-state index in [2.05, 4.69) is 20.9 Å². The van der Waals surface area contributed by atoms with Gasteiger partial charge in [-0.2, -0.15) is 0 Å². The lowest BCUT2D eigenvalue weighted by atomic mass is 10.1. The van der Waals surface area contributed by atoms with E-state index >= 15 is 0 Å². The summed E-state index contributed by atoms with van der Waals surface area (Å²) in [5.41, 5.74) is 2.34. The number of rotatable bonds is 6. The van der Waals surface area contributed by atoms with Crippen LogP contribution < -0.4 is 16.0 Å². The molecule has 0 spiro atoms. The van der Waals surface area contributed by atoms with Crippen LogP contribution in [0.3, 0.4) is 0 Å². The maximum absolute atomic E-state index is 12.0. The van der Waals surface area contributed by atoms with Gasteiger partial charge in [-0.05, 0) is 36.2 Å². The average molecular weight is 388 g/mol. The third-order valence-electron chi connectivity index (χ3n) is 3.80. The largest absolute Gasteiger partial charge is 0.352 e. The van der Waals surface area contributed by atoms with E-state index in [9.17, 15) is 13.2 Å². The molecule has 0 radical (unpaired) electrons. The predicted molar refractivity (Wildman–Crippen MR) is 108 cm³/mol. The van der Waals surface area contributed by atoms with Crippen molar-refractivity contribution < 1.29 is 13.2 Å². The Labute approximate surface area is 159 Å². The number of aliphatic imine (C=N–C) groups is 1. The maximum atomic E-state index is 12.0. The first-order valence-corrected chi connectivity index (χ1v) is 10.3. The summed E-state index contributed by atoms with van der Waals surface area (Å²) < 4.78 is 23.3. The molecule has 0 bridgehead atoms. The van der Waals surface area contributed by atoms with Crippen molar-refractivity contribution >= 4 is 27.4 Å². The molecule has 0 fully saturated rings. The van der Waals surface area contributed by atoms with E-state index in [1.165, 1.54) is 6.26 Å². The Morgan fingerprint density at radius 3 is 2.37 bits per heavy atom. The Hall–Kier alpha value is -2.87. The smallest absolute Gasteiger partial charge is 0.243 e. The summed E-state index contributed by atoms with van der Waals surface area (Å²) in [6.45, 7) is 2.28. The minimum absolute atomic E-state index is 0.0701. The van der Waals surface area contributed by atoms with Crippen LogP contribution in [0.15, 0.2) is 58.4 Å². The lowest BCUT2D eigenvalue weighted by Gasteiger charge is -2.13. The minimum Gasteiger partial charge on any atom is -0.352 e. The van der Waals surface area contributed by atoms with Gasteiger partial charge in [0.1, 0.15) is 0 Å². The number of carbonyl (C=O) groups is 1. The highest BCUT2D eigenvalue weighted by Crippen LogP contribution is 2.16. The number of hydrogen-bond acceptors (Lipinski definition) is 4. The summed E-state index contributed by atoms with van der Waals surface area (Å²) in [7, 11) is -1.62. The molecule has 8 heteroatoms. The van der Waals surface area contributed by atoms with Gasteiger partial charge in [0, 0.05) is 25.5 Å². The average Bonchev–Trinajstić information content (AvgIpc) is 2.61. The first-order valence-electron chi connectivity index (χ1n) is 8.38. The third kappa shape index (κ3) is 6.41. The predicted octanol–water partition coefficient (Wildman–Crippen LogP) is 1.70. The molecule has 27 heavy (non-hydrogen) atoms. The van der Waals surface area contributed by atoms with Crippen molar-refractivity contribution in [1.29, 1.82) is 0 Å². The highest BCUT2D eigenvalue weighted by Gasteiger charge is 2.11. The van der Waals surface area contributed by atoms with Gasteiger partial charge in [0.05, 0.1) is 11.4 Å². The molecule has 1 amide bonds. The number of guanidine groups is 1. The molecule has 2 aromatic rings. The second-order valence-corrected chi connectivity index (χ2v) is 8.05. The highest BCUT2D eigenvalue weighted by atomic mass is 32.2. The number of anilines is 1. The van der Waals surface area contributed by atoms with Crippen LogP contribution in [0.1, 0.15) is 11.1 Å². The fourth-order valence-electron chi connectivity index (χ4n) is 2.53. The molecule has 0 saturated carbocycles. The van der Waals surface area contributed by atoms with Crippen molar-refractivity contribution in [3.05, 3.63) is 59.7 Å². The normalized spacial score (nSPS) is 11.7. The van der Waals surface area contributed by atoms with E-state index in [4.69, 9.17) is 0 Å². The number of sulfone groups is 1. The molecule has 2 aromatic carbocycles. The standard InChI is InChI=1S/C19H24N4O3S/c1-14-11-15(9-10-17(14)27(3,25)26)12-21-19(20-2)22-13-18(24)23-16-7-5-4-6-8-16/h4-11H,12-13H2,1-3H3,(H,23,24)(H2,20,21,22). The van der Waals surface area contributed by atoms with Crippen LogP contribution in [0.25, 0.3) is 0 Å². The van der Waals surface area contributed by atoms with Crippen molar-refractivity contribution in [1.82, 2.24) is 10.6 Å². The van der Waals surface area contributed by atoms with E-state index in [0.717, 1.165) is 11.3 Å². The van der Waals surface area contributed by atoms with Crippen LogP contribution in [0.2, 0.25) is 0 Å². The van der Waals surface area contributed by atoms with Gasteiger partial charge in [-0.15, -0.1) is 0 Å². The van der Waals surface area contributed by atoms with E-state index in [0.29, 0.717) is 23.0 Å². The third-order valence-corrected chi connectivity index (χ3v) is 5.05. The van der Waals surface area contributed by atoms with Crippen molar-refractivity contribution in [3.63, 3.8) is 0 Å². The van der Waals surface area contributed by atoms with Crippen LogP contribution in [-0.4, -0.2) is 40.1 Å². The van der Waals surface area contributed by atoms with Crippen LogP contribution in [-0.2, 0) is 21.2 Å². The Kier molecular flexibility index (Phi) is 6.95. The van der Waals surface area contributed by atoms with Crippen LogP contribution in [0, 0.1) is 6.92 Å². The van der Waals surface area contributed by atoms with E-state index < -0.39 is 9.84 Å². The molecule has 0 aliphatic rings. The summed E-state index contributed by atoms with van der Waals surface area (Å²) in [6.07, 6.45) is 1.19. The van der Waals surface area contributed by atoms with E-state index in [1.807, 2.05) is 36.4 Å². The molecule has 0 unspecified atom stereocenters. The number of benzene rings is 2. The van der Waals surface area contributed by atoms with Gasteiger partial charge >= 0.3 is 0 Å². The van der Waals surface area contributed by atoms with Crippen molar-refractivity contribution in [2.75, 3.05) is 25.2 Å². The second kappa shape index (κ2) is 9.18. The van der Waals surface area contributed by atoms with Crippen LogP contribution in [0.5, 0.6) is 0 Å². The van der Waals surface area contributed by atoms with Gasteiger partial charge in [0.15, 0.2) is 15.8 Å². The lowest BCUT2D eigenvalue weighted by molar-refractivity contribution is -0.115. The summed E-state index contributed by atoms with van der Waals surface area (Å²) in [5.74, 6) is 0.292. The fourth-order valence-corrected chi connectivity index (χ4v) is 3.49. The zero-order valence-electron chi connectivity index (χ0n) is 15.6. The van der Waals surface area contributed by atoms with Crippen molar-refractivity contribution in [2.45, 2.75) is 18.4 Å². The fraction of sp³-hybridized carbons (Fsp3) is 0.263. The minimum atomic E-state index is -3.23. The summed E-state index contributed by atoms with van der Waals surface area (Å²) >= 11 is 0. The number of carbonyl (C=O) groups excluding carboxylic acids is 1. The SMILES string of the molecule is CN=C(NCC(=O)Nc1ccccc1)NCc1ccc(S(C)(=O)=O)c(C)c1. The Bertz CT molecular complexity index is 925. The molecular formula is C19H24N4O3S. The molecule has 7 nitrogen and oxygen atoms in total. The molecule has 2 rings (SSSR count). The topological polar surface area (TPSA) is 99.7 Å². The van der Waals surface area contributed by atoms with Gasteiger partial charge < -0.3 is 16.0 Å². The van der Waals surface area contributed by atoms with Gasteiger partial charge in [-0.25, -0.2) is 8.42 Å². The number of para-hydroxylation sites is 1. The van der Waals surface area contributed by atoms with Crippen LogP contribution >= 0.6 is 0 Å². The summed E-state index contributed by atoms with van der Waals surface area (Å²) in [5, 5.41) is 8.82. The number of hydrogen-bond donors (Lipinski definition) is 3. The van der Waals surface area contributed by atoms with Crippen molar-refractivity contribution in [2.24, 2.45) is 4.99 Å². The Balaban J connectivity index is 1.87. The molecule has 3 N–H and O–H groups in total. The number of nitrogens with one attached hydrogen (secondary N) is 3. The van der Waals surface area contributed by atoms with E-state index in [-0.39, 0.29) is 12.5 Å². The quantitative estimate of drug-likeness (QED) is 0.517. The molecule has 0 aromatic heterocycles. The molecule has 144 valence electrons. The number of nitrogens with zero attached hydrogens (tertiary/aromatic N) is 1. The zero-order chi connectivity index (χ0) is 19.9. The first kappa shape index (κ1) is 20.4. The van der Waals surface area contributed by atoms with Gasteiger partial charge in [0.25, 0.3) is 0 Å². The van der Waals surface area contributed by atoms with E-state index in [1.54, 1.807) is 26.1 Å². The molecule has 0 saturated heterocycles. The van der Waals surface area contributed by atoms with Gasteiger partial charge in [-0.3, -0.25) is 9.79 Å². The Morgan fingerprint density at radius 2 is 1.78 bits per heavy atom. The maximum Gasteiger partial charge on any atom is 0.243 e. The monoisotopic (exact) mass is 388 g/mol. The molecule has 0 aliphatic carbocycles. The zero-order valence-corrected chi connectivity index (χ0v) is 16.4. The Morgan fingerprint density at radius 1 is 1.07 bits per heavy atom. The lowest BCUT2D eigenvalue weighted by Crippen LogP contribution is -2.41. The highest BCUT2D eigenvalue weighted by molar-refractivity contribution is 7.90. The molecule has 0 atom stereocenters. The number of aryl methyl sites for hydroxylation is 1.